The van der Waals surface area contributed by atoms with E-state index in [2.05, 4.69) is 34.6 Å². The predicted molar refractivity (Wildman–Crippen MR) is 142 cm³/mol. The zero-order valence-electron chi connectivity index (χ0n) is 22.5. The molecule has 3 rings (SSSR count). The van der Waals surface area contributed by atoms with Crippen LogP contribution in [0.15, 0.2) is 50.3 Å². The summed E-state index contributed by atoms with van der Waals surface area (Å²) in [6.45, 7) is 7.96. The molecule has 0 saturated carbocycles. The van der Waals surface area contributed by atoms with E-state index in [0.29, 0.717) is 18.9 Å². The van der Waals surface area contributed by atoms with Crippen LogP contribution in [0.25, 0.3) is 0 Å². The van der Waals surface area contributed by atoms with Crippen LogP contribution in [-0.2, 0) is 14.3 Å². The van der Waals surface area contributed by atoms with E-state index in [9.17, 15) is 9.59 Å². The van der Waals surface area contributed by atoms with Crippen LogP contribution in [0.5, 0.6) is 0 Å². The van der Waals surface area contributed by atoms with E-state index in [1.807, 2.05) is 0 Å². The molecule has 1 N–H and O–H groups in total. The summed E-state index contributed by atoms with van der Waals surface area (Å²) < 4.78 is 5.01. The van der Waals surface area contributed by atoms with Gasteiger partial charge in [0.2, 0.25) is 0 Å². The van der Waals surface area contributed by atoms with E-state index in [1.165, 1.54) is 6.04 Å². The summed E-state index contributed by atoms with van der Waals surface area (Å²) in [5, 5.41) is 8.42. The van der Waals surface area contributed by atoms with Gasteiger partial charge in [-0.05, 0) is 11.6 Å². The molecule has 0 amide bonds. The summed E-state index contributed by atoms with van der Waals surface area (Å²) in [6, 6.07) is 1.55. The van der Waals surface area contributed by atoms with Crippen LogP contribution >= 0.6 is 11.6 Å². The topological polar surface area (TPSA) is 101 Å². The van der Waals surface area contributed by atoms with Crippen molar-refractivity contribution in [2.24, 2.45) is 15.0 Å². The van der Waals surface area contributed by atoms with Crippen molar-refractivity contribution in [3.63, 3.8) is 0 Å². The molecule has 12 heteroatoms. The summed E-state index contributed by atoms with van der Waals surface area (Å²) >= 11 is 5.32. The minimum absolute atomic E-state index is 0. The molecule has 0 fully saturated rings. The number of alkyl halides is 1. The van der Waals surface area contributed by atoms with Gasteiger partial charge in [0.05, 0.1) is 6.61 Å². The molecule has 0 aromatic rings. The molecule has 3 radical (unpaired) electrons. The van der Waals surface area contributed by atoms with Gasteiger partial charge in [-0.2, -0.15) is 0 Å². The van der Waals surface area contributed by atoms with E-state index in [0.717, 1.165) is 42.3 Å². The largest absolute Gasteiger partial charge is 1.00 e. The summed E-state index contributed by atoms with van der Waals surface area (Å²) in [7, 11) is -0.878. The smallest absolute Gasteiger partial charge is 1.00 e. The Hall–Kier alpha value is 0.0618. The number of allylic oxidation sites excluding steroid dienone is 2. The number of aliphatic hydroxyl groups is 1. The van der Waals surface area contributed by atoms with Crippen LogP contribution in [0.4, 0.5) is 0 Å². The maximum absolute atomic E-state index is 9.86. The summed E-state index contributed by atoms with van der Waals surface area (Å²) in [4.78, 5) is 30.9. The molecule has 3 heterocycles. The van der Waals surface area contributed by atoms with Crippen molar-refractivity contribution < 1.29 is 81.4 Å². The molecular formula is C22H38BClN3Na2O4Si. The van der Waals surface area contributed by atoms with Gasteiger partial charge in [0.25, 0.3) is 0 Å². The van der Waals surface area contributed by atoms with Crippen LogP contribution in [0.2, 0.25) is 25.7 Å². The van der Waals surface area contributed by atoms with Gasteiger partial charge in [0.1, 0.15) is 18.6 Å². The molecule has 7 nitrogen and oxygen atoms in total. The van der Waals surface area contributed by atoms with E-state index < -0.39 is 8.07 Å². The number of nitrogens with zero attached hydrogens (tertiary/aromatic N) is 3. The van der Waals surface area contributed by atoms with Gasteiger partial charge in [-0.3, -0.25) is 24.6 Å². The molecule has 0 aliphatic carbocycles. The maximum atomic E-state index is 9.86. The van der Waals surface area contributed by atoms with Gasteiger partial charge in [-0.25, -0.2) is 0 Å². The maximum Gasteiger partial charge on any atom is 1.00 e. The van der Waals surface area contributed by atoms with Crippen molar-refractivity contribution in [2.75, 3.05) is 19.3 Å². The van der Waals surface area contributed by atoms with Crippen molar-refractivity contribution in [1.29, 1.82) is 0 Å². The average molecular weight is 529 g/mol. The number of hydrogen-bond donors (Lipinski definition) is 1. The normalized spacial score (nSPS) is 13.7. The van der Waals surface area contributed by atoms with E-state index in [-0.39, 0.29) is 84.4 Å². The molecular weight excluding hydrogens is 491 g/mol. The molecule has 0 saturated heterocycles. The van der Waals surface area contributed by atoms with Crippen LogP contribution < -0.4 is 59.1 Å². The van der Waals surface area contributed by atoms with Gasteiger partial charge in [-0.15, -0.1) is 0 Å². The van der Waals surface area contributed by atoms with E-state index in [1.54, 1.807) is 37.2 Å². The fourth-order valence-corrected chi connectivity index (χ4v) is 2.66. The van der Waals surface area contributed by atoms with Gasteiger partial charge in [-0.1, -0.05) is 38.7 Å². The number of carbonyl (C=O) groups is 2. The van der Waals surface area contributed by atoms with Crippen molar-refractivity contribution in [3.05, 3.63) is 35.3 Å². The third-order valence-corrected chi connectivity index (χ3v) is 5.50. The number of halogens is 1. The molecule has 181 valence electrons. The number of ether oxygens (including phenoxy) is 1. The SMILES string of the molecule is C.C[Si](C)(C)CCOCCl.O=CC1=CN=CC1.O=CC1=CN=CC1.OCC1=CN=CC1.[B].[H-].[H-].[Na+].[Na+]. The fraction of sp³-hybridized carbons (Fsp3) is 0.500. The Morgan fingerprint density at radius 3 is 1.62 bits per heavy atom. The second kappa shape index (κ2) is 29.3. The van der Waals surface area contributed by atoms with Crippen molar-refractivity contribution in [3.8, 4) is 0 Å². The first-order chi connectivity index (χ1) is 14.4. The Labute approximate surface area is 260 Å². The molecule has 0 aromatic carbocycles. The van der Waals surface area contributed by atoms with Crippen molar-refractivity contribution in [2.45, 2.75) is 52.4 Å². The van der Waals surface area contributed by atoms with E-state index in [4.69, 9.17) is 21.4 Å². The minimum Gasteiger partial charge on any atom is -1.00 e. The number of carbonyl (C=O) groups excluding carboxylic acids is 2. The molecule has 0 unspecified atom stereocenters. The molecule has 0 aromatic heterocycles. The monoisotopic (exact) mass is 528 g/mol. The fourth-order valence-electron chi connectivity index (χ4n) is 1.79. The molecule has 0 bridgehead atoms. The molecule has 0 atom stereocenters. The number of aliphatic imine (C=N–C) groups is 3. The van der Waals surface area contributed by atoms with Gasteiger partial charge >= 0.3 is 59.1 Å². The van der Waals surface area contributed by atoms with Crippen molar-refractivity contribution in [1.82, 2.24) is 0 Å². The van der Waals surface area contributed by atoms with Crippen LogP contribution in [0.3, 0.4) is 0 Å². The third-order valence-electron chi connectivity index (χ3n) is 3.64. The Morgan fingerprint density at radius 1 is 0.971 bits per heavy atom. The average Bonchev–Trinajstić information content (AvgIpc) is 3.52. The Bertz CT molecular complexity index is 688. The summed E-state index contributed by atoms with van der Waals surface area (Å²) in [5.74, 6) is 0. The zero-order valence-corrected chi connectivity index (χ0v) is 26.3. The van der Waals surface area contributed by atoms with Gasteiger partial charge < -0.3 is 12.7 Å². The Balaban J connectivity index is -0.0000000592. The molecule has 34 heavy (non-hydrogen) atoms. The summed E-state index contributed by atoms with van der Waals surface area (Å²) in [5.41, 5.74) is 2.53. The first-order valence-electron chi connectivity index (χ1n) is 9.62. The zero-order chi connectivity index (χ0) is 22.7. The first kappa shape index (κ1) is 44.1. The van der Waals surface area contributed by atoms with Crippen LogP contribution in [0.1, 0.15) is 29.5 Å². The van der Waals surface area contributed by atoms with Crippen molar-refractivity contribution >= 4 is 59.3 Å². The second-order valence-corrected chi connectivity index (χ2v) is 13.4. The van der Waals surface area contributed by atoms with Gasteiger partial charge in [0, 0.05) is 90.7 Å². The Morgan fingerprint density at radius 2 is 1.41 bits per heavy atom. The van der Waals surface area contributed by atoms with Gasteiger partial charge in [0.15, 0.2) is 0 Å². The number of rotatable bonds is 7. The molecule has 3 aliphatic heterocycles. The Kier molecular flexibility index (Phi) is 38.0. The first-order valence-corrected chi connectivity index (χ1v) is 13.9. The van der Waals surface area contributed by atoms with E-state index >= 15 is 0 Å². The number of hydrogen-bond acceptors (Lipinski definition) is 7. The minimum atomic E-state index is -0.878. The predicted octanol–water partition coefficient (Wildman–Crippen LogP) is -1.55. The molecule has 3 aliphatic rings. The molecule has 0 spiro atoms. The van der Waals surface area contributed by atoms with Crippen LogP contribution in [0, 0.1) is 0 Å². The number of aldehydes is 2. The standard InChI is InChI=1S/C6H15ClOSi.C5H7NO.2C5H5NO.CH4.B.2Na.2H/c1-9(2,3)5-4-8-6-7;3*7-4-5-1-2-6-3-5;;;;;;/h4-6H2,1-3H3;2-3,7H,1,4H2;2*2-4H,1H2;1H4;;;;;/q;;;;;;2*+1;2*-1. The number of aliphatic hydroxyl groups excluding tert-OH is 1. The summed E-state index contributed by atoms with van der Waals surface area (Å²) in [6.07, 6.45) is 14.0. The third kappa shape index (κ3) is 28.3. The quantitative estimate of drug-likeness (QED) is 0.187. The second-order valence-electron chi connectivity index (χ2n) is 7.52. The van der Waals surface area contributed by atoms with Crippen LogP contribution in [-0.4, -0.2) is 72.1 Å².